The number of rotatable bonds is 7. The van der Waals surface area contributed by atoms with Crippen LogP contribution >= 0.6 is 0 Å². The highest BCUT2D eigenvalue weighted by molar-refractivity contribution is 5.98. The summed E-state index contributed by atoms with van der Waals surface area (Å²) in [4.78, 5) is 45.7. The fourth-order valence-electron chi connectivity index (χ4n) is 6.74. The predicted octanol–water partition coefficient (Wildman–Crippen LogP) is 5.01. The molecule has 0 aromatic carbocycles. The molecule has 0 spiro atoms. The maximum atomic E-state index is 13.0. The maximum Gasteiger partial charge on any atom is 0.270 e. The molecule has 2 saturated carbocycles. The first kappa shape index (κ1) is 27.5. The third-order valence-corrected chi connectivity index (χ3v) is 9.06. The van der Waals surface area contributed by atoms with Crippen molar-refractivity contribution in [2.75, 3.05) is 50.5 Å². The average molecular weight is 559 g/mol. The normalized spacial score (nSPS) is 18.7. The molecule has 3 aromatic heterocycles. The van der Waals surface area contributed by atoms with Gasteiger partial charge in [0.2, 0.25) is 11.9 Å². The van der Waals surface area contributed by atoms with E-state index in [1.807, 2.05) is 23.2 Å². The molecule has 218 valence electrons. The number of pyridine rings is 1. The first-order valence-electron chi connectivity index (χ1n) is 15.3. The predicted molar refractivity (Wildman–Crippen MR) is 161 cm³/mol. The van der Waals surface area contributed by atoms with E-state index in [9.17, 15) is 9.59 Å². The van der Waals surface area contributed by atoms with Gasteiger partial charge in [-0.2, -0.15) is 4.98 Å². The van der Waals surface area contributed by atoms with Crippen LogP contribution in [0.15, 0.2) is 30.6 Å². The Kier molecular flexibility index (Phi) is 8.07. The lowest BCUT2D eigenvalue weighted by Gasteiger charge is -2.36. The van der Waals surface area contributed by atoms with E-state index in [0.717, 1.165) is 68.6 Å². The molecule has 41 heavy (non-hydrogen) atoms. The number of hydrogen-bond donors (Lipinski definition) is 1. The van der Waals surface area contributed by atoms with Crippen LogP contribution in [0.1, 0.15) is 80.7 Å². The summed E-state index contributed by atoms with van der Waals surface area (Å²) >= 11 is 0. The van der Waals surface area contributed by atoms with Crippen molar-refractivity contribution in [2.24, 2.45) is 5.92 Å². The molecule has 1 saturated heterocycles. The number of amides is 2. The zero-order valence-corrected chi connectivity index (χ0v) is 24.4. The Bertz CT molecular complexity index is 1360. The highest BCUT2D eigenvalue weighted by Gasteiger charge is 2.27. The number of carbonyl (C=O) groups is 2. The van der Waals surface area contributed by atoms with Gasteiger partial charge in [0.05, 0.1) is 11.9 Å². The van der Waals surface area contributed by atoms with Crippen molar-refractivity contribution < 1.29 is 9.59 Å². The van der Waals surface area contributed by atoms with Crippen molar-refractivity contribution in [3.05, 3.63) is 36.3 Å². The van der Waals surface area contributed by atoms with Gasteiger partial charge in [0, 0.05) is 64.3 Å². The Morgan fingerprint density at radius 3 is 2.34 bits per heavy atom. The summed E-state index contributed by atoms with van der Waals surface area (Å²) in [7, 11) is 3.56. The number of nitrogens with one attached hydrogen (secondary N) is 1. The van der Waals surface area contributed by atoms with Crippen molar-refractivity contribution in [3.63, 3.8) is 0 Å². The molecule has 0 radical (unpaired) electrons. The zero-order chi connectivity index (χ0) is 28.3. The monoisotopic (exact) mass is 558 g/mol. The van der Waals surface area contributed by atoms with Gasteiger partial charge in [-0.3, -0.25) is 9.59 Å². The molecule has 10 heteroatoms. The molecule has 3 fully saturated rings. The Morgan fingerprint density at radius 1 is 0.927 bits per heavy atom. The first-order chi connectivity index (χ1) is 20.0. The minimum atomic E-state index is -0.0175. The average Bonchev–Trinajstić information content (AvgIpc) is 3.65. The van der Waals surface area contributed by atoms with E-state index in [1.54, 1.807) is 25.2 Å². The second kappa shape index (κ2) is 12.0. The number of piperazine rings is 1. The molecule has 3 aromatic rings. The van der Waals surface area contributed by atoms with Crippen molar-refractivity contribution in [3.8, 4) is 0 Å². The quantitative estimate of drug-likeness (QED) is 0.435. The van der Waals surface area contributed by atoms with Gasteiger partial charge in [0.15, 0.2) is 0 Å². The minimum absolute atomic E-state index is 0.0175. The highest BCUT2D eigenvalue weighted by Crippen LogP contribution is 2.35. The van der Waals surface area contributed by atoms with Crippen LogP contribution in [0.2, 0.25) is 0 Å². The Hall–Kier alpha value is -3.69. The Morgan fingerprint density at radius 2 is 1.66 bits per heavy atom. The molecule has 10 nitrogen and oxygen atoms in total. The molecule has 1 aliphatic heterocycles. The summed E-state index contributed by atoms with van der Waals surface area (Å²) in [5.41, 5.74) is 2.50. The van der Waals surface area contributed by atoms with Crippen LogP contribution < -0.4 is 10.2 Å². The van der Waals surface area contributed by atoms with Gasteiger partial charge in [0.25, 0.3) is 5.91 Å². The summed E-state index contributed by atoms with van der Waals surface area (Å²) in [5, 5.41) is 4.12. The SMILES string of the molecule is CN(C)C(=O)c1cc2cnc(Nc3ccc(N4CCN(C(=O)CC5CCCCC5)CC4)cn3)nc2n1C1CCCC1. The lowest BCUT2D eigenvalue weighted by atomic mass is 9.86. The van der Waals surface area contributed by atoms with Crippen LogP contribution in [-0.2, 0) is 4.79 Å². The van der Waals surface area contributed by atoms with Crippen LogP contribution in [0.5, 0.6) is 0 Å². The molecule has 3 aliphatic rings. The lowest BCUT2D eigenvalue weighted by Crippen LogP contribution is -2.49. The molecule has 0 atom stereocenters. The van der Waals surface area contributed by atoms with Crippen LogP contribution in [0.3, 0.4) is 0 Å². The highest BCUT2D eigenvalue weighted by atomic mass is 16.2. The summed E-state index contributed by atoms with van der Waals surface area (Å²) in [5.74, 6) is 2.01. The zero-order valence-electron chi connectivity index (χ0n) is 24.4. The molecule has 4 heterocycles. The van der Waals surface area contributed by atoms with E-state index in [2.05, 4.69) is 30.8 Å². The van der Waals surface area contributed by atoms with Crippen LogP contribution in [-0.4, -0.2) is 81.4 Å². The van der Waals surface area contributed by atoms with Crippen molar-refractivity contribution in [1.29, 1.82) is 0 Å². The molecule has 2 amide bonds. The number of fused-ring (bicyclic) bond motifs is 1. The summed E-state index contributed by atoms with van der Waals surface area (Å²) < 4.78 is 2.12. The molecule has 6 rings (SSSR count). The third kappa shape index (κ3) is 6.01. The number of anilines is 3. The van der Waals surface area contributed by atoms with E-state index in [4.69, 9.17) is 4.98 Å². The molecule has 2 aliphatic carbocycles. The molecule has 0 unspecified atom stereocenters. The molecular weight excluding hydrogens is 516 g/mol. The maximum absolute atomic E-state index is 13.0. The lowest BCUT2D eigenvalue weighted by molar-refractivity contribution is -0.132. The van der Waals surface area contributed by atoms with Crippen molar-refractivity contribution >= 4 is 40.3 Å². The summed E-state index contributed by atoms with van der Waals surface area (Å²) in [6.07, 6.45) is 15.1. The van der Waals surface area contributed by atoms with Gasteiger partial charge in [-0.05, 0) is 49.8 Å². The van der Waals surface area contributed by atoms with Crippen LogP contribution in [0.4, 0.5) is 17.5 Å². The van der Waals surface area contributed by atoms with Crippen molar-refractivity contribution in [2.45, 2.75) is 70.3 Å². The van der Waals surface area contributed by atoms with Gasteiger partial charge in [-0.15, -0.1) is 0 Å². The van der Waals surface area contributed by atoms with Crippen molar-refractivity contribution in [1.82, 2.24) is 29.3 Å². The summed E-state index contributed by atoms with van der Waals surface area (Å²) in [6.45, 7) is 3.16. The van der Waals surface area contributed by atoms with E-state index in [0.29, 0.717) is 35.7 Å². The second-order valence-electron chi connectivity index (χ2n) is 12.1. The largest absolute Gasteiger partial charge is 0.367 e. The number of hydrogen-bond acceptors (Lipinski definition) is 7. The minimum Gasteiger partial charge on any atom is -0.367 e. The number of nitrogens with zero attached hydrogens (tertiary/aromatic N) is 7. The van der Waals surface area contributed by atoms with E-state index >= 15 is 0 Å². The fourth-order valence-corrected chi connectivity index (χ4v) is 6.74. The first-order valence-corrected chi connectivity index (χ1v) is 15.3. The molecule has 0 bridgehead atoms. The summed E-state index contributed by atoms with van der Waals surface area (Å²) in [6, 6.07) is 6.19. The Labute approximate surface area is 242 Å². The number of carbonyl (C=O) groups excluding carboxylic acids is 2. The van der Waals surface area contributed by atoms with Gasteiger partial charge in [-0.25, -0.2) is 9.97 Å². The van der Waals surface area contributed by atoms with Gasteiger partial charge >= 0.3 is 0 Å². The molecule has 1 N–H and O–H groups in total. The van der Waals surface area contributed by atoms with Crippen LogP contribution in [0, 0.1) is 5.92 Å². The van der Waals surface area contributed by atoms with Gasteiger partial charge < -0.3 is 24.6 Å². The topological polar surface area (TPSA) is 99.5 Å². The van der Waals surface area contributed by atoms with Gasteiger partial charge in [0.1, 0.15) is 17.2 Å². The Balaban J connectivity index is 1.10. The smallest absolute Gasteiger partial charge is 0.270 e. The fraction of sp³-hybridized carbons (Fsp3) is 0.581. The van der Waals surface area contributed by atoms with E-state index in [-0.39, 0.29) is 11.9 Å². The standard InChI is InChI=1S/C31H42N8O2/c1-36(2)30(41)26-19-23-20-33-31(35-29(23)39(26)24-10-6-7-11-24)34-27-13-12-25(21-32-27)37-14-16-38(17-15-37)28(40)18-22-8-4-3-5-9-22/h12-13,19-22,24H,3-11,14-18H2,1-2H3,(H,32,33,34,35). The van der Waals surface area contributed by atoms with E-state index < -0.39 is 0 Å². The second-order valence-corrected chi connectivity index (χ2v) is 12.1. The third-order valence-electron chi connectivity index (χ3n) is 9.06. The van der Waals surface area contributed by atoms with E-state index in [1.165, 1.54) is 32.1 Å². The number of aromatic nitrogens is 4. The van der Waals surface area contributed by atoms with Crippen LogP contribution in [0.25, 0.3) is 11.0 Å². The van der Waals surface area contributed by atoms with Gasteiger partial charge in [-0.1, -0.05) is 32.1 Å². The molecular formula is C31H42N8O2.